The molecule has 0 saturated carbocycles. The van der Waals surface area contributed by atoms with Gasteiger partial charge in [0.15, 0.2) is 11.3 Å². The summed E-state index contributed by atoms with van der Waals surface area (Å²) in [5.74, 6) is -0.167. The maximum Gasteiger partial charge on any atom is 0.435 e. The minimum absolute atomic E-state index is 0.0494. The molecular formula is C12H10ClF3N4O. The van der Waals surface area contributed by atoms with Crippen LogP contribution < -0.4 is 0 Å². The molecule has 1 fully saturated rings. The van der Waals surface area contributed by atoms with E-state index in [1.54, 1.807) is 0 Å². The van der Waals surface area contributed by atoms with E-state index in [1.165, 1.54) is 17.0 Å². The first-order chi connectivity index (χ1) is 9.86. The van der Waals surface area contributed by atoms with Gasteiger partial charge in [-0.05, 0) is 18.6 Å². The van der Waals surface area contributed by atoms with E-state index in [2.05, 4.69) is 10.1 Å². The van der Waals surface area contributed by atoms with Crippen LogP contribution >= 0.6 is 11.6 Å². The number of alkyl halides is 3. The number of carbonyl (C=O) groups excluding carboxylic acids is 1. The SMILES string of the molecule is O=C1CCCN1Cc1c(C(F)(F)F)nc2ccc(Cl)nn12. The molecule has 1 aliphatic heterocycles. The molecule has 3 heterocycles. The Morgan fingerprint density at radius 3 is 2.71 bits per heavy atom. The van der Waals surface area contributed by atoms with Gasteiger partial charge >= 0.3 is 6.18 Å². The molecule has 21 heavy (non-hydrogen) atoms. The van der Waals surface area contributed by atoms with E-state index in [0.29, 0.717) is 19.4 Å². The van der Waals surface area contributed by atoms with Crippen LogP contribution in [-0.2, 0) is 17.5 Å². The summed E-state index contributed by atoms with van der Waals surface area (Å²) >= 11 is 5.74. The number of amides is 1. The van der Waals surface area contributed by atoms with E-state index >= 15 is 0 Å². The molecule has 0 spiro atoms. The van der Waals surface area contributed by atoms with E-state index in [4.69, 9.17) is 11.6 Å². The second kappa shape index (κ2) is 4.87. The summed E-state index contributed by atoms with van der Waals surface area (Å²) in [7, 11) is 0. The van der Waals surface area contributed by atoms with Crippen molar-refractivity contribution in [1.82, 2.24) is 19.5 Å². The third-order valence-corrected chi connectivity index (χ3v) is 3.52. The molecule has 0 radical (unpaired) electrons. The lowest BCUT2D eigenvalue weighted by Gasteiger charge is -2.16. The molecule has 0 N–H and O–H groups in total. The van der Waals surface area contributed by atoms with Crippen molar-refractivity contribution in [3.8, 4) is 0 Å². The van der Waals surface area contributed by atoms with Crippen molar-refractivity contribution < 1.29 is 18.0 Å². The van der Waals surface area contributed by atoms with E-state index in [-0.39, 0.29) is 28.9 Å². The van der Waals surface area contributed by atoms with Gasteiger partial charge in [-0.2, -0.15) is 18.3 Å². The summed E-state index contributed by atoms with van der Waals surface area (Å²) in [5.41, 5.74) is -1.15. The van der Waals surface area contributed by atoms with E-state index in [9.17, 15) is 18.0 Å². The van der Waals surface area contributed by atoms with Crippen molar-refractivity contribution in [2.45, 2.75) is 25.6 Å². The average molecular weight is 319 g/mol. The molecule has 0 bridgehead atoms. The van der Waals surface area contributed by atoms with Gasteiger partial charge < -0.3 is 4.90 Å². The summed E-state index contributed by atoms with van der Waals surface area (Å²) in [5, 5.41) is 3.92. The molecule has 2 aromatic rings. The Balaban J connectivity index is 2.12. The normalized spacial score (nSPS) is 16.2. The lowest BCUT2D eigenvalue weighted by Crippen LogP contribution is -2.26. The molecule has 1 aliphatic rings. The predicted molar refractivity (Wildman–Crippen MR) is 67.7 cm³/mol. The third kappa shape index (κ3) is 2.55. The summed E-state index contributed by atoms with van der Waals surface area (Å²) in [4.78, 5) is 16.6. The summed E-state index contributed by atoms with van der Waals surface area (Å²) in [6, 6.07) is 2.73. The van der Waals surface area contributed by atoms with Gasteiger partial charge in [0.2, 0.25) is 5.91 Å². The van der Waals surface area contributed by atoms with Crippen LogP contribution in [0, 0.1) is 0 Å². The Kier molecular flexibility index (Phi) is 3.27. The van der Waals surface area contributed by atoms with Crippen molar-refractivity contribution in [2.75, 3.05) is 6.54 Å². The zero-order valence-corrected chi connectivity index (χ0v) is 11.4. The second-order valence-corrected chi connectivity index (χ2v) is 5.14. The number of hydrogen-bond acceptors (Lipinski definition) is 3. The maximum atomic E-state index is 13.1. The molecule has 0 aliphatic carbocycles. The van der Waals surface area contributed by atoms with Gasteiger partial charge in [0.25, 0.3) is 0 Å². The van der Waals surface area contributed by atoms with Gasteiger partial charge in [-0.15, -0.1) is 0 Å². The highest BCUT2D eigenvalue weighted by molar-refractivity contribution is 6.29. The molecule has 1 saturated heterocycles. The molecule has 1 amide bonds. The number of fused-ring (bicyclic) bond motifs is 1. The van der Waals surface area contributed by atoms with E-state index in [0.717, 1.165) is 4.52 Å². The summed E-state index contributed by atoms with van der Waals surface area (Å²) in [6.45, 7) is 0.256. The second-order valence-electron chi connectivity index (χ2n) is 4.75. The van der Waals surface area contributed by atoms with Crippen molar-refractivity contribution >= 4 is 23.2 Å². The van der Waals surface area contributed by atoms with Crippen molar-refractivity contribution in [2.24, 2.45) is 0 Å². The number of likely N-dealkylation sites (tertiary alicyclic amines) is 1. The number of halogens is 4. The van der Waals surface area contributed by atoms with Crippen molar-refractivity contribution in [3.63, 3.8) is 0 Å². The average Bonchev–Trinajstić information content (AvgIpc) is 2.95. The Bertz CT molecular complexity index is 712. The monoisotopic (exact) mass is 318 g/mol. The lowest BCUT2D eigenvalue weighted by molar-refractivity contribution is -0.142. The molecular weight excluding hydrogens is 309 g/mol. The lowest BCUT2D eigenvalue weighted by atomic mass is 10.3. The molecule has 3 rings (SSSR count). The van der Waals surface area contributed by atoms with Gasteiger partial charge in [-0.25, -0.2) is 9.50 Å². The third-order valence-electron chi connectivity index (χ3n) is 3.32. The van der Waals surface area contributed by atoms with Gasteiger partial charge in [-0.3, -0.25) is 4.79 Å². The Morgan fingerprint density at radius 1 is 1.33 bits per heavy atom. The molecule has 2 aromatic heterocycles. The number of aromatic nitrogens is 3. The summed E-state index contributed by atoms with van der Waals surface area (Å²) in [6.07, 6.45) is -3.62. The highest BCUT2D eigenvalue weighted by Crippen LogP contribution is 2.33. The number of nitrogens with zero attached hydrogens (tertiary/aromatic N) is 4. The fraction of sp³-hybridized carbons (Fsp3) is 0.417. The highest BCUT2D eigenvalue weighted by atomic mass is 35.5. The van der Waals surface area contributed by atoms with Crippen molar-refractivity contribution in [3.05, 3.63) is 28.7 Å². The largest absolute Gasteiger partial charge is 0.435 e. The Hall–Kier alpha value is -1.83. The molecule has 0 aromatic carbocycles. The maximum absolute atomic E-state index is 13.1. The first-order valence-electron chi connectivity index (χ1n) is 6.25. The zero-order chi connectivity index (χ0) is 15.2. The fourth-order valence-electron chi connectivity index (χ4n) is 2.38. The first-order valence-corrected chi connectivity index (χ1v) is 6.63. The van der Waals surface area contributed by atoms with Crippen LogP contribution in [0.25, 0.3) is 5.65 Å². The van der Waals surface area contributed by atoms with Gasteiger partial charge in [0, 0.05) is 13.0 Å². The van der Waals surface area contributed by atoms with E-state index < -0.39 is 11.9 Å². The summed E-state index contributed by atoms with van der Waals surface area (Å²) < 4.78 is 40.4. The van der Waals surface area contributed by atoms with Gasteiger partial charge in [-0.1, -0.05) is 11.6 Å². The van der Waals surface area contributed by atoms with Gasteiger partial charge in [0.1, 0.15) is 5.15 Å². The Morgan fingerprint density at radius 2 is 2.10 bits per heavy atom. The standard InChI is InChI=1S/C12H10ClF3N4O/c13-8-3-4-9-17-11(12(14,15)16)7(20(9)18-8)6-19-5-1-2-10(19)21/h3-4H,1-2,5-6H2. The van der Waals surface area contributed by atoms with Crippen LogP contribution in [0.3, 0.4) is 0 Å². The number of carbonyl (C=O) groups is 1. The van der Waals surface area contributed by atoms with Crippen LogP contribution in [0.4, 0.5) is 13.2 Å². The minimum Gasteiger partial charge on any atom is -0.337 e. The van der Waals surface area contributed by atoms with Crippen LogP contribution in [0.15, 0.2) is 12.1 Å². The van der Waals surface area contributed by atoms with Gasteiger partial charge in [0.05, 0.1) is 12.2 Å². The molecule has 0 atom stereocenters. The molecule has 5 nitrogen and oxygen atoms in total. The van der Waals surface area contributed by atoms with Crippen LogP contribution in [0.1, 0.15) is 24.2 Å². The van der Waals surface area contributed by atoms with Crippen molar-refractivity contribution in [1.29, 1.82) is 0 Å². The fourth-order valence-corrected chi connectivity index (χ4v) is 2.52. The number of rotatable bonds is 2. The van der Waals surface area contributed by atoms with Crippen LogP contribution in [-0.4, -0.2) is 31.9 Å². The zero-order valence-electron chi connectivity index (χ0n) is 10.7. The topological polar surface area (TPSA) is 50.5 Å². The molecule has 9 heteroatoms. The quantitative estimate of drug-likeness (QED) is 0.855. The molecule has 0 unspecified atom stereocenters. The molecule has 112 valence electrons. The Labute approximate surface area is 122 Å². The van der Waals surface area contributed by atoms with Crippen LogP contribution in [0.5, 0.6) is 0 Å². The first kappa shape index (κ1) is 14.1. The predicted octanol–water partition coefficient (Wildman–Crippen LogP) is 2.52. The number of hydrogen-bond donors (Lipinski definition) is 0. The minimum atomic E-state index is -4.61. The smallest absolute Gasteiger partial charge is 0.337 e. The number of imidazole rings is 1. The highest BCUT2D eigenvalue weighted by Gasteiger charge is 2.39. The van der Waals surface area contributed by atoms with E-state index in [1.807, 2.05) is 0 Å². The van der Waals surface area contributed by atoms with Crippen LogP contribution in [0.2, 0.25) is 5.15 Å².